The molecule has 1 N–H and O–H groups in total. The summed E-state index contributed by atoms with van der Waals surface area (Å²) in [7, 11) is 0. The van der Waals surface area contributed by atoms with Gasteiger partial charge >= 0.3 is 0 Å². The molecule has 0 aliphatic carbocycles. The van der Waals surface area contributed by atoms with E-state index < -0.39 is 11.6 Å². The number of halogens is 2. The average molecular weight is 286 g/mol. The van der Waals surface area contributed by atoms with Crippen LogP contribution in [0.1, 0.15) is 24.5 Å². The maximum absolute atomic E-state index is 13.8. The Kier molecular flexibility index (Phi) is 4.89. The lowest BCUT2D eigenvalue weighted by Crippen LogP contribution is -2.18. The first-order valence-electron chi connectivity index (χ1n) is 6.79. The van der Waals surface area contributed by atoms with Gasteiger partial charge in [-0.2, -0.15) is 5.26 Å². The third-order valence-electron chi connectivity index (χ3n) is 3.27. The monoisotopic (exact) mass is 286 g/mol. The number of benzene rings is 2. The maximum Gasteiger partial charge on any atom is 0.150 e. The molecule has 0 bridgehead atoms. The summed E-state index contributed by atoms with van der Waals surface area (Å²) in [5, 5.41) is 11.5. The second kappa shape index (κ2) is 6.85. The largest absolute Gasteiger partial charge is 0.378 e. The number of hydrogen-bond donors (Lipinski definition) is 1. The number of rotatable bonds is 5. The highest BCUT2D eigenvalue weighted by molar-refractivity contribution is 5.50. The molecule has 2 aromatic rings. The van der Waals surface area contributed by atoms with Crippen molar-refractivity contribution in [3.8, 4) is 6.07 Å². The molecule has 4 heteroatoms. The highest BCUT2D eigenvalue weighted by atomic mass is 19.1. The SMILES string of the molecule is CC(CCc1ccccc1)Nc1c(F)cc(C#N)cc1F. The highest BCUT2D eigenvalue weighted by Gasteiger charge is 2.13. The second-order valence-corrected chi connectivity index (χ2v) is 5.00. The molecule has 0 radical (unpaired) electrons. The van der Waals surface area contributed by atoms with E-state index in [1.165, 1.54) is 5.56 Å². The molecular formula is C17H16F2N2. The van der Waals surface area contributed by atoms with Crippen LogP contribution in [-0.4, -0.2) is 6.04 Å². The summed E-state index contributed by atoms with van der Waals surface area (Å²) in [6.45, 7) is 1.88. The Morgan fingerprint density at radius 3 is 2.33 bits per heavy atom. The summed E-state index contributed by atoms with van der Waals surface area (Å²) >= 11 is 0. The molecule has 1 atom stereocenters. The molecule has 0 aliphatic heterocycles. The van der Waals surface area contributed by atoms with Gasteiger partial charge in [0.15, 0.2) is 11.6 Å². The van der Waals surface area contributed by atoms with E-state index >= 15 is 0 Å². The number of nitrogens with one attached hydrogen (secondary N) is 1. The molecule has 2 nitrogen and oxygen atoms in total. The highest BCUT2D eigenvalue weighted by Crippen LogP contribution is 2.22. The molecule has 0 amide bonds. The normalized spacial score (nSPS) is 11.7. The lowest BCUT2D eigenvalue weighted by atomic mass is 10.1. The van der Waals surface area contributed by atoms with Crippen LogP contribution in [0.5, 0.6) is 0 Å². The van der Waals surface area contributed by atoms with Gasteiger partial charge in [-0.05, 0) is 37.5 Å². The summed E-state index contributed by atoms with van der Waals surface area (Å²) in [5.41, 5.74) is 0.994. The predicted octanol–water partition coefficient (Wildman–Crippen LogP) is 4.27. The number of nitriles is 1. The Morgan fingerprint density at radius 1 is 1.14 bits per heavy atom. The van der Waals surface area contributed by atoms with E-state index in [2.05, 4.69) is 5.32 Å². The van der Waals surface area contributed by atoms with E-state index in [0.29, 0.717) is 0 Å². The maximum atomic E-state index is 13.8. The van der Waals surface area contributed by atoms with Crippen LogP contribution < -0.4 is 5.32 Å². The lowest BCUT2D eigenvalue weighted by Gasteiger charge is -2.16. The van der Waals surface area contributed by atoms with Crippen LogP contribution in [0.2, 0.25) is 0 Å². The first kappa shape index (κ1) is 15.0. The van der Waals surface area contributed by atoms with Crippen LogP contribution >= 0.6 is 0 Å². The zero-order chi connectivity index (χ0) is 15.2. The van der Waals surface area contributed by atoms with Gasteiger partial charge in [-0.1, -0.05) is 30.3 Å². The predicted molar refractivity (Wildman–Crippen MR) is 78.9 cm³/mol. The summed E-state index contributed by atoms with van der Waals surface area (Å²) in [5.74, 6) is -1.48. The van der Waals surface area contributed by atoms with Crippen molar-refractivity contribution in [1.82, 2.24) is 0 Å². The Hall–Kier alpha value is -2.41. The van der Waals surface area contributed by atoms with Crippen LogP contribution in [0.3, 0.4) is 0 Å². The van der Waals surface area contributed by atoms with E-state index in [9.17, 15) is 8.78 Å². The van der Waals surface area contributed by atoms with Crippen molar-refractivity contribution in [3.05, 3.63) is 65.2 Å². The smallest absolute Gasteiger partial charge is 0.150 e. The van der Waals surface area contributed by atoms with E-state index in [-0.39, 0.29) is 17.3 Å². The molecule has 2 aromatic carbocycles. The summed E-state index contributed by atoms with van der Waals surface area (Å²) < 4.78 is 27.5. The van der Waals surface area contributed by atoms with Crippen molar-refractivity contribution in [3.63, 3.8) is 0 Å². The van der Waals surface area contributed by atoms with Gasteiger partial charge in [0.25, 0.3) is 0 Å². The van der Waals surface area contributed by atoms with Gasteiger partial charge in [-0.3, -0.25) is 0 Å². The molecule has 0 heterocycles. The number of anilines is 1. The average Bonchev–Trinajstić information content (AvgIpc) is 2.49. The number of aryl methyl sites for hydroxylation is 1. The van der Waals surface area contributed by atoms with Gasteiger partial charge in [-0.25, -0.2) is 8.78 Å². The van der Waals surface area contributed by atoms with Crippen molar-refractivity contribution < 1.29 is 8.78 Å². The fraction of sp³-hybridized carbons (Fsp3) is 0.235. The van der Waals surface area contributed by atoms with Crippen molar-refractivity contribution in [2.75, 3.05) is 5.32 Å². The van der Waals surface area contributed by atoms with Gasteiger partial charge < -0.3 is 5.32 Å². The molecule has 21 heavy (non-hydrogen) atoms. The van der Waals surface area contributed by atoms with E-state index in [0.717, 1.165) is 25.0 Å². The summed E-state index contributed by atoms with van der Waals surface area (Å²) in [6.07, 6.45) is 1.58. The van der Waals surface area contributed by atoms with Crippen molar-refractivity contribution >= 4 is 5.69 Å². The van der Waals surface area contributed by atoms with Crippen molar-refractivity contribution in [2.24, 2.45) is 0 Å². The van der Waals surface area contributed by atoms with Gasteiger partial charge in [0, 0.05) is 6.04 Å². The quantitative estimate of drug-likeness (QED) is 0.891. The first-order valence-corrected chi connectivity index (χ1v) is 6.79. The zero-order valence-electron chi connectivity index (χ0n) is 11.7. The molecule has 0 aromatic heterocycles. The summed E-state index contributed by atoms with van der Waals surface area (Å²) in [6, 6.07) is 13.6. The first-order chi connectivity index (χ1) is 10.1. The molecule has 0 aliphatic rings. The minimum atomic E-state index is -0.738. The van der Waals surface area contributed by atoms with Gasteiger partial charge in [0.05, 0.1) is 11.6 Å². The van der Waals surface area contributed by atoms with Crippen LogP contribution in [-0.2, 0) is 6.42 Å². The van der Waals surface area contributed by atoms with Crippen LogP contribution in [0.25, 0.3) is 0 Å². The molecular weight excluding hydrogens is 270 g/mol. The zero-order valence-corrected chi connectivity index (χ0v) is 11.7. The van der Waals surface area contributed by atoms with Crippen molar-refractivity contribution in [1.29, 1.82) is 5.26 Å². The number of nitrogens with zero attached hydrogens (tertiary/aromatic N) is 1. The third kappa shape index (κ3) is 4.03. The number of hydrogen-bond acceptors (Lipinski definition) is 2. The fourth-order valence-electron chi connectivity index (χ4n) is 2.12. The lowest BCUT2D eigenvalue weighted by molar-refractivity contribution is 0.579. The van der Waals surface area contributed by atoms with Gasteiger partial charge in [0.2, 0.25) is 0 Å². The Morgan fingerprint density at radius 2 is 1.76 bits per heavy atom. The second-order valence-electron chi connectivity index (χ2n) is 5.00. The Labute approximate surface area is 123 Å². The van der Waals surface area contributed by atoms with Crippen molar-refractivity contribution in [2.45, 2.75) is 25.8 Å². The standard InChI is InChI=1S/C17H16F2N2/c1-12(7-8-13-5-3-2-4-6-13)21-17-15(18)9-14(11-20)10-16(17)19/h2-6,9-10,12,21H,7-8H2,1H3. The van der Waals surface area contributed by atoms with Crippen LogP contribution in [0.4, 0.5) is 14.5 Å². The minimum Gasteiger partial charge on any atom is -0.378 e. The van der Waals surface area contributed by atoms with Crippen LogP contribution in [0.15, 0.2) is 42.5 Å². The minimum absolute atomic E-state index is 0.0208. The van der Waals surface area contributed by atoms with Gasteiger partial charge in [0.1, 0.15) is 5.69 Å². The molecule has 0 saturated carbocycles. The summed E-state index contributed by atoms with van der Waals surface area (Å²) in [4.78, 5) is 0. The molecule has 1 unspecified atom stereocenters. The molecule has 0 saturated heterocycles. The van der Waals surface area contributed by atoms with E-state index in [1.807, 2.05) is 37.3 Å². The molecule has 108 valence electrons. The van der Waals surface area contributed by atoms with Gasteiger partial charge in [-0.15, -0.1) is 0 Å². The molecule has 0 spiro atoms. The third-order valence-corrected chi connectivity index (χ3v) is 3.27. The van der Waals surface area contributed by atoms with E-state index in [4.69, 9.17) is 5.26 Å². The van der Waals surface area contributed by atoms with Crippen LogP contribution in [0, 0.1) is 23.0 Å². The molecule has 2 rings (SSSR count). The Bertz CT molecular complexity index is 625. The topological polar surface area (TPSA) is 35.8 Å². The fourth-order valence-corrected chi connectivity index (χ4v) is 2.12. The Balaban J connectivity index is 2.00. The molecule has 0 fully saturated rings. The van der Waals surface area contributed by atoms with E-state index in [1.54, 1.807) is 6.07 Å².